The number of hydrogen-bond acceptors (Lipinski definition) is 3. The van der Waals surface area contributed by atoms with Gasteiger partial charge in [0.15, 0.2) is 5.69 Å². The van der Waals surface area contributed by atoms with Crippen molar-refractivity contribution in [1.29, 1.82) is 0 Å². The number of carbonyl (C=O) groups is 1. The van der Waals surface area contributed by atoms with Crippen molar-refractivity contribution in [3.63, 3.8) is 0 Å². The highest BCUT2D eigenvalue weighted by Gasteiger charge is 2.36. The number of carboxylic acids is 1. The Balaban J connectivity index is 3.13. The number of halogens is 3. The molecule has 0 aromatic carbocycles. The van der Waals surface area contributed by atoms with E-state index in [4.69, 9.17) is 5.11 Å². The van der Waals surface area contributed by atoms with Gasteiger partial charge < -0.3 is 10.4 Å². The number of nitrogens with one attached hydrogen (secondary N) is 1. The first-order chi connectivity index (χ1) is 8.79. The number of pyridine rings is 1. The summed E-state index contributed by atoms with van der Waals surface area (Å²) in [5.41, 5.74) is -2.22. The Bertz CT molecular complexity index is 457. The summed E-state index contributed by atoms with van der Waals surface area (Å²) in [5, 5.41) is 11.7. The van der Waals surface area contributed by atoms with E-state index in [1.54, 1.807) is 0 Å². The standard InChI is InChI=1S/C12H15F3N2O2/c1-3-7(4-2)16-9-6-5-8(12(13,14)15)10(17-9)11(18)19/h5-7H,3-4H2,1-2H3,(H,16,17)(H,18,19). The van der Waals surface area contributed by atoms with E-state index in [2.05, 4.69) is 10.3 Å². The van der Waals surface area contributed by atoms with Crippen molar-refractivity contribution in [2.45, 2.75) is 38.9 Å². The molecule has 0 aliphatic heterocycles. The van der Waals surface area contributed by atoms with Crippen LogP contribution in [-0.4, -0.2) is 22.1 Å². The van der Waals surface area contributed by atoms with Gasteiger partial charge in [-0.2, -0.15) is 13.2 Å². The molecule has 0 fully saturated rings. The van der Waals surface area contributed by atoms with E-state index in [0.29, 0.717) is 0 Å². The number of rotatable bonds is 5. The molecule has 0 bridgehead atoms. The molecule has 0 amide bonds. The molecule has 2 N–H and O–H groups in total. The zero-order chi connectivity index (χ0) is 14.6. The topological polar surface area (TPSA) is 62.2 Å². The van der Waals surface area contributed by atoms with Gasteiger partial charge in [0.25, 0.3) is 0 Å². The molecule has 0 radical (unpaired) electrons. The van der Waals surface area contributed by atoms with Crippen LogP contribution in [0.5, 0.6) is 0 Å². The zero-order valence-electron chi connectivity index (χ0n) is 10.6. The Labute approximate surface area is 108 Å². The van der Waals surface area contributed by atoms with Gasteiger partial charge in [-0.25, -0.2) is 9.78 Å². The lowest BCUT2D eigenvalue weighted by molar-refractivity contribution is -0.138. The molecule has 0 spiro atoms. The third-order valence-corrected chi connectivity index (χ3v) is 2.74. The molecule has 1 aromatic heterocycles. The summed E-state index contributed by atoms with van der Waals surface area (Å²) in [6.07, 6.45) is -3.20. The lowest BCUT2D eigenvalue weighted by Crippen LogP contribution is -2.20. The molecule has 106 valence electrons. The van der Waals surface area contributed by atoms with Gasteiger partial charge in [-0.1, -0.05) is 13.8 Å². The van der Waals surface area contributed by atoms with Gasteiger partial charge in [0.2, 0.25) is 0 Å². The highest BCUT2D eigenvalue weighted by atomic mass is 19.4. The summed E-state index contributed by atoms with van der Waals surface area (Å²) in [5.74, 6) is -1.56. The second-order valence-electron chi connectivity index (χ2n) is 4.05. The van der Waals surface area contributed by atoms with Gasteiger partial charge in [0, 0.05) is 6.04 Å². The molecule has 0 atom stereocenters. The summed E-state index contributed by atoms with van der Waals surface area (Å²) >= 11 is 0. The van der Waals surface area contributed by atoms with Crippen molar-refractivity contribution in [3.8, 4) is 0 Å². The smallest absolute Gasteiger partial charge is 0.418 e. The molecule has 19 heavy (non-hydrogen) atoms. The molecule has 0 saturated carbocycles. The maximum absolute atomic E-state index is 12.6. The van der Waals surface area contributed by atoms with Crippen LogP contribution in [0, 0.1) is 0 Å². The SMILES string of the molecule is CCC(CC)Nc1ccc(C(F)(F)F)c(C(=O)O)n1. The van der Waals surface area contributed by atoms with Crippen LogP contribution >= 0.6 is 0 Å². The molecular formula is C12H15F3N2O2. The minimum atomic E-state index is -4.73. The quantitative estimate of drug-likeness (QED) is 0.865. The van der Waals surface area contributed by atoms with Gasteiger partial charge in [-0.3, -0.25) is 0 Å². The minimum absolute atomic E-state index is 0.0471. The Morgan fingerprint density at radius 1 is 1.37 bits per heavy atom. The van der Waals surface area contributed by atoms with Gasteiger partial charge in [0.1, 0.15) is 5.82 Å². The predicted octanol–water partition coefficient (Wildman–Crippen LogP) is 3.40. The first-order valence-electron chi connectivity index (χ1n) is 5.87. The summed E-state index contributed by atoms with van der Waals surface area (Å²) in [6.45, 7) is 3.84. The monoisotopic (exact) mass is 276 g/mol. The molecule has 1 aromatic rings. The Kier molecular flexibility index (Phi) is 4.74. The van der Waals surface area contributed by atoms with Crippen LogP contribution in [0.25, 0.3) is 0 Å². The van der Waals surface area contributed by atoms with Crippen LogP contribution in [0.1, 0.15) is 42.7 Å². The van der Waals surface area contributed by atoms with E-state index in [9.17, 15) is 18.0 Å². The summed E-state index contributed by atoms with van der Waals surface area (Å²) < 4.78 is 37.8. The third kappa shape index (κ3) is 3.84. The summed E-state index contributed by atoms with van der Waals surface area (Å²) in [6, 6.07) is 1.93. The average Bonchev–Trinajstić information content (AvgIpc) is 2.34. The first-order valence-corrected chi connectivity index (χ1v) is 5.87. The molecule has 0 aliphatic carbocycles. The van der Waals surface area contributed by atoms with E-state index in [-0.39, 0.29) is 11.9 Å². The average molecular weight is 276 g/mol. The molecule has 0 unspecified atom stereocenters. The predicted molar refractivity (Wildman–Crippen MR) is 64.2 cm³/mol. The number of aromatic carboxylic acids is 1. The van der Waals surface area contributed by atoms with Gasteiger partial charge in [-0.15, -0.1) is 0 Å². The number of carboxylic acid groups (broad SMARTS) is 1. The molecule has 4 nitrogen and oxygen atoms in total. The fourth-order valence-electron chi connectivity index (χ4n) is 1.63. The van der Waals surface area contributed by atoms with Gasteiger partial charge in [0.05, 0.1) is 5.56 Å². The number of anilines is 1. The molecule has 7 heteroatoms. The van der Waals surface area contributed by atoms with E-state index in [1.165, 1.54) is 0 Å². The van der Waals surface area contributed by atoms with Crippen molar-refractivity contribution in [2.24, 2.45) is 0 Å². The van der Waals surface area contributed by atoms with E-state index in [0.717, 1.165) is 25.0 Å². The normalized spacial score (nSPS) is 11.7. The largest absolute Gasteiger partial charge is 0.476 e. The maximum Gasteiger partial charge on any atom is 0.418 e. The van der Waals surface area contributed by atoms with Crippen LogP contribution < -0.4 is 5.32 Å². The molecule has 0 aliphatic rings. The second kappa shape index (κ2) is 5.90. The van der Waals surface area contributed by atoms with Gasteiger partial charge >= 0.3 is 12.1 Å². The highest BCUT2D eigenvalue weighted by molar-refractivity contribution is 5.87. The van der Waals surface area contributed by atoms with Gasteiger partial charge in [-0.05, 0) is 25.0 Å². The molecule has 1 heterocycles. The minimum Gasteiger partial charge on any atom is -0.476 e. The first kappa shape index (κ1) is 15.3. The lowest BCUT2D eigenvalue weighted by Gasteiger charge is -2.17. The van der Waals surface area contributed by atoms with Crippen LogP contribution in [0.15, 0.2) is 12.1 Å². The van der Waals surface area contributed by atoms with Crippen LogP contribution in [0.3, 0.4) is 0 Å². The van der Waals surface area contributed by atoms with E-state index >= 15 is 0 Å². The summed E-state index contributed by atoms with van der Waals surface area (Å²) in [7, 11) is 0. The van der Waals surface area contributed by atoms with E-state index < -0.39 is 23.4 Å². The number of hydrogen-bond donors (Lipinski definition) is 2. The molecule has 1 rings (SSSR count). The molecular weight excluding hydrogens is 261 g/mol. The van der Waals surface area contributed by atoms with Crippen molar-refractivity contribution in [3.05, 3.63) is 23.4 Å². The van der Waals surface area contributed by atoms with Crippen molar-refractivity contribution in [2.75, 3.05) is 5.32 Å². The Morgan fingerprint density at radius 3 is 2.37 bits per heavy atom. The van der Waals surface area contributed by atoms with Crippen molar-refractivity contribution < 1.29 is 23.1 Å². The van der Waals surface area contributed by atoms with Crippen molar-refractivity contribution in [1.82, 2.24) is 4.98 Å². The second-order valence-corrected chi connectivity index (χ2v) is 4.05. The Morgan fingerprint density at radius 2 is 1.95 bits per heavy atom. The number of alkyl halides is 3. The van der Waals surface area contributed by atoms with E-state index in [1.807, 2.05) is 13.8 Å². The summed E-state index contributed by atoms with van der Waals surface area (Å²) in [4.78, 5) is 14.4. The maximum atomic E-state index is 12.6. The highest BCUT2D eigenvalue weighted by Crippen LogP contribution is 2.32. The fourth-order valence-corrected chi connectivity index (χ4v) is 1.63. The van der Waals surface area contributed by atoms with Crippen molar-refractivity contribution >= 4 is 11.8 Å². The number of aromatic nitrogens is 1. The molecule has 0 saturated heterocycles. The zero-order valence-corrected chi connectivity index (χ0v) is 10.6. The fraction of sp³-hybridized carbons (Fsp3) is 0.500. The van der Waals surface area contributed by atoms with Crippen LogP contribution in [-0.2, 0) is 6.18 Å². The van der Waals surface area contributed by atoms with Crippen LogP contribution in [0.4, 0.5) is 19.0 Å². The lowest BCUT2D eigenvalue weighted by atomic mass is 10.1. The third-order valence-electron chi connectivity index (χ3n) is 2.74. The number of nitrogens with zero attached hydrogens (tertiary/aromatic N) is 1. The van der Waals surface area contributed by atoms with Crippen LogP contribution in [0.2, 0.25) is 0 Å². The Hall–Kier alpha value is -1.79.